The number of anilines is 5. The quantitative estimate of drug-likeness (QED) is 0.0881. The van der Waals surface area contributed by atoms with Crippen LogP contribution in [0.4, 0.5) is 28.4 Å². The molecule has 6 rings (SSSR count). The monoisotopic (exact) mass is 580 g/mol. The Hall–Kier alpha value is -4.54. The molecule has 1 heterocycles. The number of aldehydes is 1. The standard InChI is InChI=1S/C39H36N2OS/c1-2-3-4-11-26-40-36-24-20-31(27-38(36)43-39-28-32(29-42)21-25-37(39)40)17-16-30-18-22-35(23-19-30)41(33-12-7-5-8-13-33)34-14-9-6-10-15-34/h5-10,12-25,27-29H,2-4,11,26H2,1H3/b17-16+. The third kappa shape index (κ3) is 6.60. The van der Waals surface area contributed by atoms with E-state index in [1.165, 1.54) is 35.5 Å². The highest BCUT2D eigenvalue weighted by molar-refractivity contribution is 7.99. The zero-order chi connectivity index (χ0) is 29.4. The maximum atomic E-state index is 11.5. The highest BCUT2D eigenvalue weighted by Gasteiger charge is 2.23. The number of unbranched alkanes of at least 4 members (excludes halogenated alkanes) is 3. The zero-order valence-electron chi connectivity index (χ0n) is 24.5. The van der Waals surface area contributed by atoms with Crippen LogP contribution in [-0.2, 0) is 0 Å². The number of benzene rings is 5. The Kier molecular flexibility index (Phi) is 9.05. The van der Waals surface area contributed by atoms with Crippen LogP contribution in [0.15, 0.2) is 131 Å². The lowest BCUT2D eigenvalue weighted by molar-refractivity contribution is 0.112. The minimum atomic E-state index is 0.721. The van der Waals surface area contributed by atoms with Crippen molar-refractivity contribution in [3.8, 4) is 0 Å². The van der Waals surface area contributed by atoms with Gasteiger partial charge in [0.15, 0.2) is 0 Å². The fourth-order valence-electron chi connectivity index (χ4n) is 5.56. The maximum absolute atomic E-state index is 11.5. The topological polar surface area (TPSA) is 23.6 Å². The molecule has 3 nitrogen and oxygen atoms in total. The molecule has 0 aromatic heterocycles. The van der Waals surface area contributed by atoms with Crippen molar-refractivity contribution in [3.63, 3.8) is 0 Å². The fourth-order valence-corrected chi connectivity index (χ4v) is 6.75. The van der Waals surface area contributed by atoms with Gasteiger partial charge in [0.05, 0.1) is 11.4 Å². The average molecular weight is 581 g/mol. The van der Waals surface area contributed by atoms with Crippen LogP contribution in [0, 0.1) is 0 Å². The number of carbonyl (C=O) groups excluding carboxylic acids is 1. The predicted molar refractivity (Wildman–Crippen MR) is 184 cm³/mol. The molecule has 0 bridgehead atoms. The second kappa shape index (κ2) is 13.6. The number of rotatable bonds is 11. The first-order valence-electron chi connectivity index (χ1n) is 15.1. The number of fused-ring (bicyclic) bond motifs is 2. The molecule has 0 saturated heterocycles. The molecule has 0 spiro atoms. The normalized spacial score (nSPS) is 12.2. The van der Waals surface area contributed by atoms with Crippen molar-refractivity contribution in [2.45, 2.75) is 42.4 Å². The molecule has 0 atom stereocenters. The molecule has 214 valence electrons. The zero-order valence-corrected chi connectivity index (χ0v) is 25.3. The summed E-state index contributed by atoms with van der Waals surface area (Å²) in [6, 6.07) is 42.4. The Morgan fingerprint density at radius 1 is 0.605 bits per heavy atom. The molecule has 43 heavy (non-hydrogen) atoms. The smallest absolute Gasteiger partial charge is 0.150 e. The van der Waals surface area contributed by atoms with Crippen LogP contribution in [0.1, 0.15) is 54.1 Å². The van der Waals surface area contributed by atoms with Crippen LogP contribution in [0.25, 0.3) is 12.2 Å². The predicted octanol–water partition coefficient (Wildman–Crippen LogP) is 11.3. The molecule has 0 unspecified atom stereocenters. The second-order valence-corrected chi connectivity index (χ2v) is 11.9. The van der Waals surface area contributed by atoms with E-state index in [1.54, 1.807) is 11.8 Å². The first-order valence-corrected chi connectivity index (χ1v) is 15.9. The summed E-state index contributed by atoms with van der Waals surface area (Å²) in [6.45, 7) is 3.22. The summed E-state index contributed by atoms with van der Waals surface area (Å²) in [5, 5.41) is 0. The Morgan fingerprint density at radius 2 is 1.14 bits per heavy atom. The highest BCUT2D eigenvalue weighted by Crippen LogP contribution is 2.49. The number of nitrogens with zero attached hydrogens (tertiary/aromatic N) is 2. The van der Waals surface area contributed by atoms with Crippen LogP contribution >= 0.6 is 11.8 Å². The molecule has 0 amide bonds. The molecule has 1 aliphatic heterocycles. The van der Waals surface area contributed by atoms with E-state index >= 15 is 0 Å². The van der Waals surface area contributed by atoms with Gasteiger partial charge < -0.3 is 9.80 Å². The summed E-state index contributed by atoms with van der Waals surface area (Å²) in [6.07, 6.45) is 10.2. The van der Waals surface area contributed by atoms with Crippen LogP contribution in [0.2, 0.25) is 0 Å². The largest absolute Gasteiger partial charge is 0.340 e. The molecule has 1 aliphatic rings. The number of carbonyl (C=O) groups is 1. The Bertz CT molecular complexity index is 1660. The van der Waals surface area contributed by atoms with Crippen LogP contribution in [-0.4, -0.2) is 12.8 Å². The Balaban J connectivity index is 1.24. The van der Waals surface area contributed by atoms with Gasteiger partial charge in [-0.05, 0) is 84.3 Å². The van der Waals surface area contributed by atoms with E-state index < -0.39 is 0 Å². The van der Waals surface area contributed by atoms with Crippen LogP contribution in [0.3, 0.4) is 0 Å². The molecular formula is C39H36N2OS. The van der Waals surface area contributed by atoms with Crippen LogP contribution < -0.4 is 9.80 Å². The van der Waals surface area contributed by atoms with Gasteiger partial charge in [0.25, 0.3) is 0 Å². The number of hydrogen-bond acceptors (Lipinski definition) is 4. The minimum absolute atomic E-state index is 0.721. The summed E-state index contributed by atoms with van der Waals surface area (Å²) >= 11 is 1.76. The maximum Gasteiger partial charge on any atom is 0.150 e. The molecule has 0 N–H and O–H groups in total. The molecule has 0 saturated carbocycles. The van der Waals surface area contributed by atoms with Crippen molar-refractivity contribution in [1.29, 1.82) is 0 Å². The van der Waals surface area contributed by atoms with Gasteiger partial charge in [0.1, 0.15) is 6.29 Å². The lowest BCUT2D eigenvalue weighted by Gasteiger charge is -2.33. The van der Waals surface area contributed by atoms with Gasteiger partial charge in [0, 0.05) is 39.0 Å². The first kappa shape index (κ1) is 28.6. The van der Waals surface area contributed by atoms with E-state index in [2.05, 4.69) is 126 Å². The summed E-state index contributed by atoms with van der Waals surface area (Å²) in [5.74, 6) is 0. The van der Waals surface area contributed by atoms with Crippen molar-refractivity contribution in [2.75, 3.05) is 16.3 Å². The van der Waals surface area contributed by atoms with Gasteiger partial charge >= 0.3 is 0 Å². The molecule has 5 aromatic carbocycles. The van der Waals surface area contributed by atoms with E-state index in [-0.39, 0.29) is 0 Å². The summed E-state index contributed by atoms with van der Waals surface area (Å²) in [7, 11) is 0. The molecule has 4 heteroatoms. The Morgan fingerprint density at radius 3 is 1.74 bits per heavy atom. The van der Waals surface area contributed by atoms with E-state index in [4.69, 9.17) is 0 Å². The minimum Gasteiger partial charge on any atom is -0.340 e. The van der Waals surface area contributed by atoms with Gasteiger partial charge in [-0.2, -0.15) is 0 Å². The summed E-state index contributed by atoms with van der Waals surface area (Å²) < 4.78 is 0. The van der Waals surface area contributed by atoms with Crippen molar-refractivity contribution in [3.05, 3.63) is 138 Å². The molecule has 5 aromatic rings. The van der Waals surface area contributed by atoms with E-state index in [9.17, 15) is 4.79 Å². The molecule has 0 fully saturated rings. The third-order valence-corrected chi connectivity index (χ3v) is 8.88. The van der Waals surface area contributed by atoms with Gasteiger partial charge in [-0.25, -0.2) is 0 Å². The third-order valence-electron chi connectivity index (χ3n) is 7.79. The van der Waals surface area contributed by atoms with E-state index in [0.29, 0.717) is 0 Å². The summed E-state index contributed by atoms with van der Waals surface area (Å²) in [5.41, 5.74) is 8.85. The van der Waals surface area contributed by atoms with Gasteiger partial charge in [-0.3, -0.25) is 4.79 Å². The molecule has 0 aliphatic carbocycles. The SMILES string of the molecule is CCCCCCN1c2ccc(C=O)cc2Sc2cc(/C=C/c3ccc(N(c4ccccc4)c4ccccc4)cc3)ccc21. The van der Waals surface area contributed by atoms with Crippen molar-refractivity contribution >= 4 is 58.6 Å². The van der Waals surface area contributed by atoms with Crippen molar-refractivity contribution in [2.24, 2.45) is 0 Å². The second-order valence-electron chi connectivity index (χ2n) is 10.8. The first-order chi connectivity index (χ1) is 21.2. The fraction of sp³-hybridized carbons (Fsp3) is 0.154. The van der Waals surface area contributed by atoms with Crippen molar-refractivity contribution < 1.29 is 4.79 Å². The van der Waals surface area contributed by atoms with Gasteiger partial charge in [-0.1, -0.05) is 105 Å². The number of para-hydroxylation sites is 2. The highest BCUT2D eigenvalue weighted by atomic mass is 32.2. The van der Waals surface area contributed by atoms with E-state index in [1.807, 2.05) is 24.3 Å². The van der Waals surface area contributed by atoms with Gasteiger partial charge in [-0.15, -0.1) is 0 Å². The average Bonchev–Trinajstić information content (AvgIpc) is 3.06. The molecule has 0 radical (unpaired) electrons. The van der Waals surface area contributed by atoms with Crippen molar-refractivity contribution in [1.82, 2.24) is 0 Å². The molecular weight excluding hydrogens is 545 g/mol. The summed E-state index contributed by atoms with van der Waals surface area (Å²) in [4.78, 5) is 18.6. The number of hydrogen-bond donors (Lipinski definition) is 0. The van der Waals surface area contributed by atoms with Gasteiger partial charge in [0.2, 0.25) is 0 Å². The lowest BCUT2D eigenvalue weighted by Crippen LogP contribution is -2.22. The van der Waals surface area contributed by atoms with E-state index in [0.717, 1.165) is 57.9 Å². The Labute approximate surface area is 259 Å². The van der Waals surface area contributed by atoms with Crippen LogP contribution in [0.5, 0.6) is 0 Å². The lowest BCUT2D eigenvalue weighted by atomic mass is 10.1.